The smallest absolute Gasteiger partial charge is 0.303 e. The van der Waals surface area contributed by atoms with E-state index >= 15 is 0 Å². The average Bonchev–Trinajstić information content (AvgIpc) is 2.70. The molecule has 0 aliphatic heterocycles. The largest absolute Gasteiger partial charge is 0.466 e. The Morgan fingerprint density at radius 2 is 2.05 bits per heavy atom. The lowest BCUT2D eigenvalue weighted by molar-refractivity contribution is -0.119. The summed E-state index contributed by atoms with van der Waals surface area (Å²) in [6, 6.07) is 3.37. The fourth-order valence-electron chi connectivity index (χ4n) is 1.40. The Balaban J connectivity index is 2.51. The van der Waals surface area contributed by atoms with Crippen molar-refractivity contribution in [2.24, 2.45) is 0 Å². The molecule has 0 bridgehead atoms. The van der Waals surface area contributed by atoms with Gasteiger partial charge in [-0.3, -0.25) is 4.79 Å². The van der Waals surface area contributed by atoms with Gasteiger partial charge in [-0.1, -0.05) is 0 Å². The van der Waals surface area contributed by atoms with Crippen LogP contribution >= 0.6 is 0 Å². The molecule has 6 nitrogen and oxygen atoms in total. The molecule has 0 aliphatic rings. The Kier molecular flexibility index (Phi) is 5.13. The number of aryl methyl sites for hydroxylation is 2. The van der Waals surface area contributed by atoms with E-state index in [0.29, 0.717) is 12.2 Å². The molecule has 0 atom stereocenters. The summed E-state index contributed by atoms with van der Waals surface area (Å²) in [6.07, 6.45) is 0.443. The van der Waals surface area contributed by atoms with Crippen LogP contribution in [0.2, 0.25) is 0 Å². The van der Waals surface area contributed by atoms with Gasteiger partial charge in [-0.2, -0.15) is 12.7 Å². The minimum absolute atomic E-state index is 0.0676. The van der Waals surface area contributed by atoms with E-state index in [4.69, 9.17) is 4.42 Å². The summed E-state index contributed by atoms with van der Waals surface area (Å²) in [5.41, 5.74) is 0. The molecule has 0 saturated heterocycles. The van der Waals surface area contributed by atoms with Crippen LogP contribution in [0.4, 0.5) is 0 Å². The molecule has 1 aromatic heterocycles. The molecule has 1 amide bonds. The van der Waals surface area contributed by atoms with Gasteiger partial charge in [0.25, 0.3) is 0 Å². The lowest BCUT2D eigenvalue weighted by Gasteiger charge is -2.20. The highest BCUT2D eigenvalue weighted by Crippen LogP contribution is 2.09. The van der Waals surface area contributed by atoms with Crippen molar-refractivity contribution >= 4 is 16.1 Å². The van der Waals surface area contributed by atoms with E-state index in [1.54, 1.807) is 26.0 Å². The van der Waals surface area contributed by atoms with Crippen molar-refractivity contribution in [3.05, 3.63) is 23.7 Å². The van der Waals surface area contributed by atoms with Crippen LogP contribution in [0, 0.1) is 6.92 Å². The van der Waals surface area contributed by atoms with Crippen molar-refractivity contribution < 1.29 is 17.6 Å². The first kappa shape index (κ1) is 15.7. The number of hydrogen-bond acceptors (Lipinski definition) is 4. The highest BCUT2D eigenvalue weighted by atomic mass is 32.2. The molecule has 0 spiro atoms. The fourth-order valence-corrected chi connectivity index (χ4v) is 2.49. The van der Waals surface area contributed by atoms with Gasteiger partial charge in [0.15, 0.2) is 0 Å². The van der Waals surface area contributed by atoms with Crippen LogP contribution in [0.1, 0.15) is 31.8 Å². The lowest BCUT2D eigenvalue weighted by atomic mass is 10.2. The first-order chi connectivity index (χ1) is 8.72. The molecule has 1 heterocycles. The lowest BCUT2D eigenvalue weighted by Crippen LogP contribution is -2.44. The van der Waals surface area contributed by atoms with Gasteiger partial charge >= 0.3 is 10.2 Å². The van der Waals surface area contributed by atoms with Crippen LogP contribution < -0.4 is 4.72 Å². The normalized spacial score (nSPS) is 12.1. The second-order valence-electron chi connectivity index (χ2n) is 4.65. The predicted molar refractivity (Wildman–Crippen MR) is 71.7 cm³/mol. The maximum absolute atomic E-state index is 11.8. The van der Waals surface area contributed by atoms with E-state index in [0.717, 1.165) is 10.1 Å². The predicted octanol–water partition coefficient (Wildman–Crippen LogP) is 1.22. The van der Waals surface area contributed by atoms with Gasteiger partial charge in [-0.25, -0.2) is 4.72 Å². The molecular weight excluding hydrogens is 268 g/mol. The van der Waals surface area contributed by atoms with Crippen LogP contribution in [0.25, 0.3) is 0 Å². The number of carbonyl (C=O) groups excluding carboxylic acids is 1. The second kappa shape index (κ2) is 6.21. The van der Waals surface area contributed by atoms with E-state index in [1.165, 1.54) is 7.05 Å². The standard InChI is InChI=1S/C12H20N2O4S/c1-9(2)14(4)19(16,17)13-12(15)8-7-11-6-5-10(3)18-11/h5-6,9H,7-8H2,1-4H3,(H,13,15). The average molecular weight is 288 g/mol. The fraction of sp³-hybridized carbons (Fsp3) is 0.583. The first-order valence-electron chi connectivity index (χ1n) is 6.06. The van der Waals surface area contributed by atoms with Gasteiger partial charge in [0.1, 0.15) is 11.5 Å². The van der Waals surface area contributed by atoms with E-state index in [-0.39, 0.29) is 12.5 Å². The van der Waals surface area contributed by atoms with Crippen molar-refractivity contribution in [1.29, 1.82) is 0 Å². The van der Waals surface area contributed by atoms with Gasteiger partial charge in [-0.05, 0) is 32.9 Å². The van der Waals surface area contributed by atoms with Crippen LogP contribution in [-0.2, 0) is 21.4 Å². The molecule has 19 heavy (non-hydrogen) atoms. The number of amides is 1. The number of rotatable bonds is 6. The Labute approximate surface area is 114 Å². The summed E-state index contributed by atoms with van der Waals surface area (Å²) in [7, 11) is -2.33. The highest BCUT2D eigenvalue weighted by molar-refractivity contribution is 7.87. The molecule has 0 radical (unpaired) electrons. The highest BCUT2D eigenvalue weighted by Gasteiger charge is 2.22. The topological polar surface area (TPSA) is 79.6 Å². The summed E-state index contributed by atoms with van der Waals surface area (Å²) < 4.78 is 32.0. The molecule has 1 aromatic rings. The molecule has 1 N–H and O–H groups in total. The summed E-state index contributed by atoms with van der Waals surface area (Å²) in [4.78, 5) is 11.6. The SMILES string of the molecule is Cc1ccc(CCC(=O)NS(=O)(=O)N(C)C(C)C)o1. The Hall–Kier alpha value is -1.34. The van der Waals surface area contributed by atoms with Crippen molar-refractivity contribution in [1.82, 2.24) is 9.03 Å². The van der Waals surface area contributed by atoms with Crippen molar-refractivity contribution in [3.63, 3.8) is 0 Å². The number of carbonyl (C=O) groups is 1. The molecule has 0 unspecified atom stereocenters. The van der Waals surface area contributed by atoms with Gasteiger partial charge in [0, 0.05) is 25.9 Å². The number of hydrogen-bond donors (Lipinski definition) is 1. The van der Waals surface area contributed by atoms with E-state index < -0.39 is 16.1 Å². The monoisotopic (exact) mass is 288 g/mol. The number of nitrogens with one attached hydrogen (secondary N) is 1. The molecule has 0 aromatic carbocycles. The van der Waals surface area contributed by atoms with Gasteiger partial charge in [0.05, 0.1) is 0 Å². The zero-order valence-corrected chi connectivity index (χ0v) is 12.5. The van der Waals surface area contributed by atoms with Crippen LogP contribution in [0.15, 0.2) is 16.5 Å². The third kappa shape index (κ3) is 4.68. The Morgan fingerprint density at radius 1 is 1.42 bits per heavy atom. The van der Waals surface area contributed by atoms with Crippen LogP contribution in [-0.4, -0.2) is 31.7 Å². The molecule has 1 rings (SSSR count). The molecule has 0 aliphatic carbocycles. The quantitative estimate of drug-likeness (QED) is 0.853. The van der Waals surface area contributed by atoms with E-state index in [9.17, 15) is 13.2 Å². The number of nitrogens with zero attached hydrogens (tertiary/aromatic N) is 1. The Bertz CT molecular complexity index is 534. The molecule has 0 fully saturated rings. The van der Waals surface area contributed by atoms with Gasteiger partial charge in [-0.15, -0.1) is 0 Å². The summed E-state index contributed by atoms with van der Waals surface area (Å²) in [6.45, 7) is 5.27. The molecule has 7 heteroatoms. The summed E-state index contributed by atoms with van der Waals surface area (Å²) >= 11 is 0. The maximum atomic E-state index is 11.8. The van der Waals surface area contributed by atoms with Crippen molar-refractivity contribution in [2.75, 3.05) is 7.05 Å². The van der Waals surface area contributed by atoms with Gasteiger partial charge in [0.2, 0.25) is 5.91 Å². The minimum Gasteiger partial charge on any atom is -0.466 e. The maximum Gasteiger partial charge on any atom is 0.303 e. The third-order valence-corrected chi connectivity index (χ3v) is 4.41. The van der Waals surface area contributed by atoms with E-state index in [1.807, 2.05) is 11.6 Å². The molecular formula is C12H20N2O4S. The van der Waals surface area contributed by atoms with Crippen molar-refractivity contribution in [2.45, 2.75) is 39.7 Å². The molecule has 0 saturated carbocycles. The minimum atomic E-state index is -3.75. The number of furan rings is 1. The summed E-state index contributed by atoms with van der Waals surface area (Å²) in [5, 5.41) is 0. The van der Waals surface area contributed by atoms with Crippen LogP contribution in [0.5, 0.6) is 0 Å². The third-order valence-electron chi connectivity index (χ3n) is 2.74. The van der Waals surface area contributed by atoms with Gasteiger partial charge < -0.3 is 4.42 Å². The Morgan fingerprint density at radius 3 is 2.53 bits per heavy atom. The molecule has 108 valence electrons. The summed E-state index contributed by atoms with van der Waals surface area (Å²) in [5.74, 6) is 0.895. The van der Waals surface area contributed by atoms with Crippen LogP contribution in [0.3, 0.4) is 0 Å². The second-order valence-corrected chi connectivity index (χ2v) is 6.38. The van der Waals surface area contributed by atoms with Crippen molar-refractivity contribution in [3.8, 4) is 0 Å². The first-order valence-corrected chi connectivity index (χ1v) is 7.50. The zero-order valence-electron chi connectivity index (χ0n) is 11.6. The zero-order chi connectivity index (χ0) is 14.6. The van der Waals surface area contributed by atoms with E-state index in [2.05, 4.69) is 0 Å².